The van der Waals surface area contributed by atoms with Crippen molar-refractivity contribution >= 4 is 35.3 Å². The standard InChI is InChI=1S/C22H20N2O5/c1-14(25)23-18(10-15-6-4-3-5-7-15)22(28)29-13-20(26)16-8-9-19-17(11-16)12-21(27)24(19)2/h3-11H,12-13H2,1-2H3,(H,23,25)/b18-10-. The molecule has 2 aromatic rings. The highest BCUT2D eigenvalue weighted by Crippen LogP contribution is 2.28. The van der Waals surface area contributed by atoms with Crippen LogP contribution < -0.4 is 10.2 Å². The fourth-order valence-corrected chi connectivity index (χ4v) is 2.99. The molecule has 0 bridgehead atoms. The van der Waals surface area contributed by atoms with Crippen LogP contribution in [0.4, 0.5) is 5.69 Å². The molecule has 1 heterocycles. The molecule has 1 aliphatic heterocycles. The van der Waals surface area contributed by atoms with Crippen LogP contribution in [-0.4, -0.2) is 37.2 Å². The Bertz CT molecular complexity index is 1010. The molecule has 0 radical (unpaired) electrons. The van der Waals surface area contributed by atoms with Crippen molar-refractivity contribution in [3.63, 3.8) is 0 Å². The molecule has 0 unspecified atom stereocenters. The van der Waals surface area contributed by atoms with Crippen LogP contribution in [0.15, 0.2) is 54.2 Å². The number of hydrogen-bond acceptors (Lipinski definition) is 5. The van der Waals surface area contributed by atoms with Crippen molar-refractivity contribution < 1.29 is 23.9 Å². The van der Waals surface area contributed by atoms with E-state index in [2.05, 4.69) is 5.32 Å². The lowest BCUT2D eigenvalue weighted by molar-refractivity contribution is -0.139. The second kappa shape index (κ2) is 8.52. The van der Waals surface area contributed by atoms with Gasteiger partial charge >= 0.3 is 5.97 Å². The molecule has 7 heteroatoms. The van der Waals surface area contributed by atoms with Crippen LogP contribution in [0.2, 0.25) is 0 Å². The lowest BCUT2D eigenvalue weighted by atomic mass is 10.1. The Hall–Kier alpha value is -3.74. The second-order valence-electron chi connectivity index (χ2n) is 6.62. The number of nitrogens with zero attached hydrogens (tertiary/aromatic N) is 1. The maximum Gasteiger partial charge on any atom is 0.355 e. The SMILES string of the molecule is CC(=O)N/C(=C\c1ccccc1)C(=O)OCC(=O)c1ccc2c(c1)CC(=O)N2C. The maximum atomic E-state index is 12.4. The van der Waals surface area contributed by atoms with Crippen LogP contribution in [0.25, 0.3) is 6.08 Å². The van der Waals surface area contributed by atoms with Crippen molar-refractivity contribution in [2.45, 2.75) is 13.3 Å². The smallest absolute Gasteiger partial charge is 0.355 e. The van der Waals surface area contributed by atoms with Gasteiger partial charge in [0.1, 0.15) is 5.70 Å². The van der Waals surface area contributed by atoms with E-state index in [1.54, 1.807) is 49.5 Å². The first kappa shape index (κ1) is 20.0. The first-order valence-electron chi connectivity index (χ1n) is 8.99. The molecule has 1 aliphatic rings. The number of anilines is 1. The van der Waals surface area contributed by atoms with Gasteiger partial charge in [-0.3, -0.25) is 14.4 Å². The van der Waals surface area contributed by atoms with Crippen molar-refractivity contribution in [3.05, 3.63) is 70.9 Å². The molecule has 148 valence electrons. The summed E-state index contributed by atoms with van der Waals surface area (Å²) in [4.78, 5) is 49.5. The van der Waals surface area contributed by atoms with Gasteiger partial charge < -0.3 is 15.0 Å². The zero-order valence-corrected chi connectivity index (χ0v) is 16.1. The summed E-state index contributed by atoms with van der Waals surface area (Å²) in [6.07, 6.45) is 1.71. The summed E-state index contributed by atoms with van der Waals surface area (Å²) >= 11 is 0. The Balaban J connectivity index is 1.69. The predicted molar refractivity (Wildman–Crippen MR) is 107 cm³/mol. The number of benzene rings is 2. The number of Topliss-reactive ketones (excluding diaryl/α,β-unsaturated/α-hetero) is 1. The largest absolute Gasteiger partial charge is 0.453 e. The molecule has 29 heavy (non-hydrogen) atoms. The summed E-state index contributed by atoms with van der Waals surface area (Å²) < 4.78 is 5.11. The number of ketones is 1. The fourth-order valence-electron chi connectivity index (χ4n) is 2.99. The van der Waals surface area contributed by atoms with Crippen LogP contribution in [0, 0.1) is 0 Å². The number of fused-ring (bicyclic) bond motifs is 1. The first-order chi connectivity index (χ1) is 13.8. The Morgan fingerprint density at radius 3 is 2.55 bits per heavy atom. The lowest BCUT2D eigenvalue weighted by Gasteiger charge is -2.11. The number of ether oxygens (including phenoxy) is 1. The monoisotopic (exact) mass is 392 g/mol. The van der Waals surface area contributed by atoms with Gasteiger partial charge in [0.05, 0.1) is 6.42 Å². The number of amides is 2. The van der Waals surface area contributed by atoms with Gasteiger partial charge in [-0.1, -0.05) is 30.3 Å². The number of esters is 1. The molecule has 0 fully saturated rings. The van der Waals surface area contributed by atoms with E-state index in [-0.39, 0.29) is 18.0 Å². The second-order valence-corrected chi connectivity index (χ2v) is 6.62. The molecule has 1 N–H and O–H groups in total. The van der Waals surface area contributed by atoms with E-state index in [1.165, 1.54) is 17.9 Å². The van der Waals surface area contributed by atoms with Crippen molar-refractivity contribution in [3.8, 4) is 0 Å². The molecule has 2 amide bonds. The topological polar surface area (TPSA) is 92.8 Å². The fraction of sp³-hybridized carbons (Fsp3) is 0.182. The third-order valence-corrected chi connectivity index (χ3v) is 4.45. The van der Waals surface area contributed by atoms with Gasteiger partial charge in [-0.2, -0.15) is 0 Å². The van der Waals surface area contributed by atoms with Crippen LogP contribution >= 0.6 is 0 Å². The number of rotatable bonds is 6. The van der Waals surface area contributed by atoms with Crippen LogP contribution in [-0.2, 0) is 25.5 Å². The first-order valence-corrected chi connectivity index (χ1v) is 8.99. The lowest BCUT2D eigenvalue weighted by Crippen LogP contribution is -2.27. The average Bonchev–Trinajstić information content (AvgIpc) is 2.99. The van der Waals surface area contributed by atoms with Crippen LogP contribution in [0.5, 0.6) is 0 Å². The van der Waals surface area contributed by atoms with Crippen molar-refractivity contribution in [2.24, 2.45) is 0 Å². The Labute approximate surface area is 168 Å². The molecule has 7 nitrogen and oxygen atoms in total. The molecule has 0 aromatic heterocycles. The Morgan fingerprint density at radius 2 is 1.86 bits per heavy atom. The van der Waals surface area contributed by atoms with E-state index >= 15 is 0 Å². The summed E-state index contributed by atoms with van der Waals surface area (Å²) in [5.41, 5.74) is 2.53. The zero-order valence-electron chi connectivity index (χ0n) is 16.1. The van der Waals surface area contributed by atoms with E-state index < -0.39 is 24.3 Å². The highest BCUT2D eigenvalue weighted by Gasteiger charge is 2.25. The van der Waals surface area contributed by atoms with E-state index in [9.17, 15) is 19.2 Å². The number of carbonyl (C=O) groups is 4. The molecular weight excluding hydrogens is 372 g/mol. The van der Waals surface area contributed by atoms with E-state index in [4.69, 9.17) is 4.74 Å². The molecule has 2 aromatic carbocycles. The quantitative estimate of drug-likeness (QED) is 0.462. The van der Waals surface area contributed by atoms with Gasteiger partial charge in [-0.25, -0.2) is 4.79 Å². The highest BCUT2D eigenvalue weighted by molar-refractivity contribution is 6.04. The van der Waals surface area contributed by atoms with Gasteiger partial charge in [-0.05, 0) is 35.4 Å². The number of likely N-dealkylation sites (N-methyl/N-ethyl adjacent to an activating group) is 1. The highest BCUT2D eigenvalue weighted by atomic mass is 16.5. The molecule has 0 saturated heterocycles. The van der Waals surface area contributed by atoms with Crippen molar-refractivity contribution in [2.75, 3.05) is 18.6 Å². The zero-order chi connectivity index (χ0) is 21.0. The minimum absolute atomic E-state index is 0.0398. The Morgan fingerprint density at radius 1 is 1.14 bits per heavy atom. The molecule has 3 rings (SSSR count). The summed E-state index contributed by atoms with van der Waals surface area (Å²) in [7, 11) is 1.68. The normalized spacial score (nSPS) is 13.1. The van der Waals surface area contributed by atoms with E-state index in [0.29, 0.717) is 11.1 Å². The van der Waals surface area contributed by atoms with Gasteiger partial charge in [0.2, 0.25) is 11.8 Å². The molecule has 0 saturated carbocycles. The molecule has 0 aliphatic carbocycles. The average molecular weight is 392 g/mol. The molecule has 0 atom stereocenters. The third-order valence-electron chi connectivity index (χ3n) is 4.45. The molecular formula is C22H20N2O5. The number of carbonyl (C=O) groups excluding carboxylic acids is 4. The van der Waals surface area contributed by atoms with Gasteiger partial charge in [0, 0.05) is 25.2 Å². The van der Waals surface area contributed by atoms with Gasteiger partial charge in [0.15, 0.2) is 12.4 Å². The minimum Gasteiger partial charge on any atom is -0.453 e. The van der Waals surface area contributed by atoms with Gasteiger partial charge in [-0.15, -0.1) is 0 Å². The molecule has 0 spiro atoms. The Kier molecular flexibility index (Phi) is 5.87. The number of nitrogens with one attached hydrogen (secondary N) is 1. The maximum absolute atomic E-state index is 12.4. The predicted octanol–water partition coefficient (Wildman–Crippen LogP) is 2.11. The van der Waals surface area contributed by atoms with Gasteiger partial charge in [0.25, 0.3) is 0 Å². The van der Waals surface area contributed by atoms with E-state index in [0.717, 1.165) is 11.3 Å². The van der Waals surface area contributed by atoms with Crippen LogP contribution in [0.1, 0.15) is 28.4 Å². The van der Waals surface area contributed by atoms with Crippen molar-refractivity contribution in [1.82, 2.24) is 5.32 Å². The van der Waals surface area contributed by atoms with E-state index in [1.807, 2.05) is 6.07 Å². The minimum atomic E-state index is -0.812. The van der Waals surface area contributed by atoms with Crippen LogP contribution in [0.3, 0.4) is 0 Å². The summed E-state index contributed by atoms with van der Waals surface area (Å²) in [6, 6.07) is 13.9. The summed E-state index contributed by atoms with van der Waals surface area (Å²) in [5, 5.41) is 2.43. The number of hydrogen-bond donors (Lipinski definition) is 1. The van der Waals surface area contributed by atoms with Crippen molar-refractivity contribution in [1.29, 1.82) is 0 Å². The summed E-state index contributed by atoms with van der Waals surface area (Å²) in [5.74, 6) is -1.68. The third kappa shape index (κ3) is 4.76. The summed E-state index contributed by atoms with van der Waals surface area (Å²) in [6.45, 7) is 0.799.